The van der Waals surface area contributed by atoms with Gasteiger partial charge < -0.3 is 4.90 Å². The topological polar surface area (TPSA) is 20.3 Å². The van der Waals surface area contributed by atoms with Crippen molar-refractivity contribution in [3.8, 4) is 0 Å². The molecular formula is C6H8FNO. The lowest BCUT2D eigenvalue weighted by molar-refractivity contribution is -0.128. The molecule has 1 aliphatic heterocycles. The van der Waals surface area contributed by atoms with E-state index < -0.39 is 11.7 Å². The SMILES string of the molecule is CN1CCC=C(F)C1=O. The molecule has 0 unspecified atom stereocenters. The maximum absolute atomic E-state index is 12.3. The molecule has 9 heavy (non-hydrogen) atoms. The van der Waals surface area contributed by atoms with E-state index in [2.05, 4.69) is 0 Å². The first kappa shape index (κ1) is 6.26. The normalized spacial score (nSPS) is 20.0. The van der Waals surface area contributed by atoms with Crippen LogP contribution in [-0.4, -0.2) is 24.4 Å². The van der Waals surface area contributed by atoms with E-state index in [0.717, 1.165) is 0 Å². The van der Waals surface area contributed by atoms with Gasteiger partial charge in [-0.05, 0) is 12.5 Å². The van der Waals surface area contributed by atoms with E-state index in [4.69, 9.17) is 0 Å². The van der Waals surface area contributed by atoms with Crippen molar-refractivity contribution in [1.29, 1.82) is 0 Å². The molecule has 0 aromatic heterocycles. The number of carbonyl (C=O) groups excluding carboxylic acids is 1. The quantitative estimate of drug-likeness (QED) is 0.471. The number of amides is 1. The molecule has 0 saturated carbocycles. The molecule has 2 nitrogen and oxygen atoms in total. The van der Waals surface area contributed by atoms with Crippen LogP contribution in [0.2, 0.25) is 0 Å². The molecule has 0 saturated heterocycles. The van der Waals surface area contributed by atoms with Crippen LogP contribution in [-0.2, 0) is 4.79 Å². The van der Waals surface area contributed by atoms with Gasteiger partial charge in [-0.15, -0.1) is 0 Å². The zero-order chi connectivity index (χ0) is 6.85. The van der Waals surface area contributed by atoms with Gasteiger partial charge >= 0.3 is 0 Å². The number of hydrogen-bond donors (Lipinski definition) is 0. The molecule has 0 N–H and O–H groups in total. The molecule has 0 bridgehead atoms. The average Bonchev–Trinajstić information content (AvgIpc) is 1.83. The average molecular weight is 129 g/mol. The Balaban J connectivity index is 2.74. The van der Waals surface area contributed by atoms with Gasteiger partial charge in [0.25, 0.3) is 5.91 Å². The Hall–Kier alpha value is -0.860. The van der Waals surface area contributed by atoms with E-state index in [1.807, 2.05) is 0 Å². The largest absolute Gasteiger partial charge is 0.339 e. The van der Waals surface area contributed by atoms with Gasteiger partial charge in [0.1, 0.15) is 0 Å². The Labute approximate surface area is 53.0 Å². The highest BCUT2D eigenvalue weighted by molar-refractivity contribution is 5.91. The summed E-state index contributed by atoms with van der Waals surface area (Å²) in [7, 11) is 1.59. The Kier molecular flexibility index (Phi) is 1.51. The smallest absolute Gasteiger partial charge is 0.282 e. The number of rotatable bonds is 0. The Morgan fingerprint density at radius 1 is 1.78 bits per heavy atom. The van der Waals surface area contributed by atoms with Crippen LogP contribution in [0.5, 0.6) is 0 Å². The van der Waals surface area contributed by atoms with Gasteiger partial charge in [0.15, 0.2) is 5.83 Å². The lowest BCUT2D eigenvalue weighted by Gasteiger charge is -2.18. The summed E-state index contributed by atoms with van der Waals surface area (Å²) >= 11 is 0. The van der Waals surface area contributed by atoms with Crippen LogP contribution in [0.1, 0.15) is 6.42 Å². The summed E-state index contributed by atoms with van der Waals surface area (Å²) < 4.78 is 12.3. The van der Waals surface area contributed by atoms with Gasteiger partial charge in [0, 0.05) is 13.6 Å². The summed E-state index contributed by atoms with van der Waals surface area (Å²) in [6.07, 6.45) is 1.95. The second-order valence-corrected chi connectivity index (χ2v) is 2.07. The minimum Gasteiger partial charge on any atom is -0.339 e. The van der Waals surface area contributed by atoms with E-state index in [9.17, 15) is 9.18 Å². The molecule has 1 aliphatic rings. The van der Waals surface area contributed by atoms with Crippen molar-refractivity contribution >= 4 is 5.91 Å². The summed E-state index contributed by atoms with van der Waals surface area (Å²) in [6, 6.07) is 0. The number of halogens is 1. The van der Waals surface area contributed by atoms with E-state index in [1.54, 1.807) is 7.05 Å². The monoisotopic (exact) mass is 129 g/mol. The number of likely N-dealkylation sites (N-methyl/N-ethyl adjacent to an activating group) is 1. The Bertz CT molecular complexity index is 164. The highest BCUT2D eigenvalue weighted by atomic mass is 19.1. The predicted molar refractivity (Wildman–Crippen MR) is 31.4 cm³/mol. The zero-order valence-corrected chi connectivity index (χ0v) is 5.22. The van der Waals surface area contributed by atoms with Crippen molar-refractivity contribution in [2.45, 2.75) is 6.42 Å². The second-order valence-electron chi connectivity index (χ2n) is 2.07. The Morgan fingerprint density at radius 3 is 2.89 bits per heavy atom. The number of hydrogen-bond acceptors (Lipinski definition) is 1. The van der Waals surface area contributed by atoms with Gasteiger partial charge in [-0.3, -0.25) is 4.79 Å². The molecule has 0 aromatic carbocycles. The molecule has 0 aromatic rings. The molecule has 0 fully saturated rings. The van der Waals surface area contributed by atoms with Crippen LogP contribution < -0.4 is 0 Å². The van der Waals surface area contributed by atoms with E-state index in [-0.39, 0.29) is 0 Å². The lowest BCUT2D eigenvalue weighted by atomic mass is 10.2. The van der Waals surface area contributed by atoms with Crippen LogP contribution in [0, 0.1) is 0 Å². The van der Waals surface area contributed by atoms with Crippen molar-refractivity contribution in [2.75, 3.05) is 13.6 Å². The maximum atomic E-state index is 12.3. The first-order chi connectivity index (χ1) is 4.22. The Morgan fingerprint density at radius 2 is 2.44 bits per heavy atom. The molecule has 0 atom stereocenters. The number of nitrogens with zero attached hydrogens (tertiary/aromatic N) is 1. The van der Waals surface area contributed by atoms with E-state index in [1.165, 1.54) is 11.0 Å². The van der Waals surface area contributed by atoms with Crippen LogP contribution in [0.3, 0.4) is 0 Å². The fourth-order valence-electron chi connectivity index (χ4n) is 0.756. The van der Waals surface area contributed by atoms with E-state index >= 15 is 0 Å². The third-order valence-corrected chi connectivity index (χ3v) is 1.34. The third kappa shape index (κ3) is 1.09. The minimum absolute atomic E-state index is 0.499. The summed E-state index contributed by atoms with van der Waals surface area (Å²) in [5, 5.41) is 0. The molecule has 3 heteroatoms. The second kappa shape index (κ2) is 2.17. The molecule has 50 valence electrons. The van der Waals surface area contributed by atoms with Crippen molar-refractivity contribution < 1.29 is 9.18 Å². The zero-order valence-electron chi connectivity index (χ0n) is 5.22. The first-order valence-corrected chi connectivity index (χ1v) is 2.83. The van der Waals surface area contributed by atoms with E-state index in [0.29, 0.717) is 13.0 Å². The highest BCUT2D eigenvalue weighted by Crippen LogP contribution is 2.09. The molecule has 0 aliphatic carbocycles. The predicted octanol–water partition coefficient (Wildman–Crippen LogP) is 0.702. The van der Waals surface area contributed by atoms with Crippen LogP contribution >= 0.6 is 0 Å². The van der Waals surface area contributed by atoms with Crippen LogP contribution in [0.15, 0.2) is 11.9 Å². The van der Waals surface area contributed by atoms with Crippen molar-refractivity contribution in [3.05, 3.63) is 11.9 Å². The lowest BCUT2D eigenvalue weighted by Crippen LogP contribution is -2.30. The fourth-order valence-corrected chi connectivity index (χ4v) is 0.756. The molecule has 1 heterocycles. The van der Waals surface area contributed by atoms with Gasteiger partial charge in [0.2, 0.25) is 0 Å². The summed E-state index contributed by atoms with van der Waals surface area (Å²) in [5.41, 5.74) is 0. The minimum atomic E-state index is -0.622. The highest BCUT2D eigenvalue weighted by Gasteiger charge is 2.17. The molecule has 0 radical (unpaired) electrons. The first-order valence-electron chi connectivity index (χ1n) is 2.83. The van der Waals surface area contributed by atoms with Gasteiger partial charge in [-0.2, -0.15) is 0 Å². The van der Waals surface area contributed by atoms with Crippen molar-refractivity contribution in [3.63, 3.8) is 0 Å². The van der Waals surface area contributed by atoms with Crippen LogP contribution in [0.25, 0.3) is 0 Å². The van der Waals surface area contributed by atoms with Crippen LogP contribution in [0.4, 0.5) is 4.39 Å². The summed E-state index contributed by atoms with van der Waals surface area (Å²) in [4.78, 5) is 12.0. The van der Waals surface area contributed by atoms with Crippen molar-refractivity contribution in [1.82, 2.24) is 4.90 Å². The van der Waals surface area contributed by atoms with Gasteiger partial charge in [-0.25, -0.2) is 4.39 Å². The number of carbonyl (C=O) groups is 1. The molecule has 1 rings (SSSR count). The summed E-state index contributed by atoms with van der Waals surface area (Å²) in [6.45, 7) is 0.631. The molecular weight excluding hydrogens is 121 g/mol. The maximum Gasteiger partial charge on any atom is 0.282 e. The molecule has 1 amide bonds. The van der Waals surface area contributed by atoms with Crippen molar-refractivity contribution in [2.24, 2.45) is 0 Å². The molecule has 0 spiro atoms. The summed E-state index contributed by atoms with van der Waals surface area (Å²) in [5.74, 6) is -1.12. The van der Waals surface area contributed by atoms with Gasteiger partial charge in [-0.1, -0.05) is 0 Å². The standard InChI is InChI=1S/C6H8FNO/c1-8-4-2-3-5(7)6(8)9/h3H,2,4H2,1H3. The third-order valence-electron chi connectivity index (χ3n) is 1.34. The van der Waals surface area contributed by atoms with Gasteiger partial charge in [0.05, 0.1) is 0 Å². The fraction of sp³-hybridized carbons (Fsp3) is 0.500.